The number of benzene rings is 2. The lowest BCUT2D eigenvalue weighted by atomic mass is 10.1. The van der Waals surface area contributed by atoms with Gasteiger partial charge >= 0.3 is 0 Å². The Morgan fingerprint density at radius 2 is 1.83 bits per heavy atom. The molecule has 1 amide bonds. The fourth-order valence-corrected chi connectivity index (χ4v) is 3.79. The molecule has 0 bridgehead atoms. The van der Waals surface area contributed by atoms with Crippen LogP contribution in [0.1, 0.15) is 42.4 Å². The van der Waals surface area contributed by atoms with Gasteiger partial charge in [-0.2, -0.15) is 0 Å². The van der Waals surface area contributed by atoms with Crippen molar-refractivity contribution in [1.29, 1.82) is 0 Å². The van der Waals surface area contributed by atoms with Crippen molar-refractivity contribution in [3.8, 4) is 22.8 Å². The number of amides is 1. The zero-order chi connectivity index (χ0) is 24.2. The molecule has 2 aromatic carbocycles. The summed E-state index contributed by atoms with van der Waals surface area (Å²) in [7, 11) is 0. The van der Waals surface area contributed by atoms with Crippen molar-refractivity contribution in [2.45, 2.75) is 26.2 Å². The van der Waals surface area contributed by atoms with Crippen LogP contribution >= 0.6 is 0 Å². The number of carbonyl (C=O) groups is 1. The van der Waals surface area contributed by atoms with Crippen molar-refractivity contribution in [3.05, 3.63) is 103 Å². The summed E-state index contributed by atoms with van der Waals surface area (Å²) in [5.41, 5.74) is 4.61. The van der Waals surface area contributed by atoms with Crippen LogP contribution in [0.4, 0.5) is 5.69 Å². The van der Waals surface area contributed by atoms with Gasteiger partial charge in [0.2, 0.25) is 0 Å². The zero-order valence-corrected chi connectivity index (χ0v) is 19.5. The first-order valence-corrected chi connectivity index (χ1v) is 11.5. The van der Waals surface area contributed by atoms with E-state index < -0.39 is 0 Å². The maximum absolute atomic E-state index is 13.0. The molecule has 1 N–H and O–H groups in total. The summed E-state index contributed by atoms with van der Waals surface area (Å²) in [4.78, 5) is 21.8. The molecule has 0 saturated heterocycles. The number of aromatic nitrogens is 6. The third kappa shape index (κ3) is 4.72. The van der Waals surface area contributed by atoms with Gasteiger partial charge in [-0.05, 0) is 48.7 Å². The molecular formula is C27H25N7O. The number of pyridine rings is 1. The maximum Gasteiger partial charge on any atom is 0.274 e. The topological polar surface area (TPSA) is 90.5 Å². The number of hydrogen-bond acceptors (Lipinski definition) is 5. The smallest absolute Gasteiger partial charge is 0.274 e. The highest BCUT2D eigenvalue weighted by Crippen LogP contribution is 2.24. The molecule has 3 aromatic heterocycles. The molecule has 174 valence electrons. The van der Waals surface area contributed by atoms with Gasteiger partial charge in [0.1, 0.15) is 12.0 Å². The highest BCUT2D eigenvalue weighted by Gasteiger charge is 2.13. The van der Waals surface area contributed by atoms with Crippen LogP contribution in [0.25, 0.3) is 22.8 Å². The third-order valence-corrected chi connectivity index (χ3v) is 5.95. The molecule has 3 heterocycles. The van der Waals surface area contributed by atoms with E-state index in [0.717, 1.165) is 29.1 Å². The van der Waals surface area contributed by atoms with E-state index in [4.69, 9.17) is 0 Å². The van der Waals surface area contributed by atoms with Gasteiger partial charge < -0.3 is 9.88 Å². The second-order valence-corrected chi connectivity index (χ2v) is 8.31. The monoisotopic (exact) mass is 463 g/mol. The number of nitrogens with one attached hydrogen (secondary N) is 1. The molecule has 5 rings (SSSR count). The van der Waals surface area contributed by atoms with Crippen molar-refractivity contribution >= 4 is 11.6 Å². The molecular weight excluding hydrogens is 438 g/mol. The number of carbonyl (C=O) groups excluding carboxylic acids is 1. The molecule has 0 aliphatic rings. The quantitative estimate of drug-likeness (QED) is 0.355. The number of anilines is 1. The molecule has 1 atom stereocenters. The Morgan fingerprint density at radius 1 is 0.971 bits per heavy atom. The van der Waals surface area contributed by atoms with Crippen LogP contribution in [0.2, 0.25) is 0 Å². The number of imidazole rings is 1. The van der Waals surface area contributed by atoms with E-state index in [1.54, 1.807) is 24.9 Å². The number of hydrogen-bond donors (Lipinski definition) is 1. The third-order valence-electron chi connectivity index (χ3n) is 5.95. The molecule has 8 heteroatoms. The fraction of sp³-hybridized carbons (Fsp3) is 0.148. The highest BCUT2D eigenvalue weighted by molar-refractivity contribution is 6.03. The Morgan fingerprint density at radius 3 is 2.66 bits per heavy atom. The fourth-order valence-electron chi connectivity index (χ4n) is 3.79. The SMILES string of the molecule is CCC(C)c1cn(-c2ccnc(C(=O)Nc3cccc(-c4nncn4-c4ccccc4)c3)c2)cn1. The molecule has 0 aliphatic heterocycles. The summed E-state index contributed by atoms with van der Waals surface area (Å²) in [6, 6.07) is 21.0. The van der Waals surface area contributed by atoms with Crippen LogP contribution in [-0.2, 0) is 0 Å². The van der Waals surface area contributed by atoms with E-state index in [1.165, 1.54) is 0 Å². The Kier molecular flexibility index (Phi) is 6.17. The second kappa shape index (κ2) is 9.72. The van der Waals surface area contributed by atoms with E-state index in [-0.39, 0.29) is 5.91 Å². The first kappa shape index (κ1) is 22.2. The van der Waals surface area contributed by atoms with Gasteiger partial charge in [-0.25, -0.2) is 4.98 Å². The van der Waals surface area contributed by atoms with Crippen LogP contribution in [-0.4, -0.2) is 35.2 Å². The van der Waals surface area contributed by atoms with Crippen molar-refractivity contribution in [2.75, 3.05) is 5.32 Å². The van der Waals surface area contributed by atoms with Crippen LogP contribution in [0.15, 0.2) is 91.8 Å². The van der Waals surface area contributed by atoms with Crippen molar-refractivity contribution in [2.24, 2.45) is 0 Å². The predicted octanol–water partition coefficient (Wildman–Crippen LogP) is 5.28. The first-order chi connectivity index (χ1) is 17.1. The van der Waals surface area contributed by atoms with Crippen LogP contribution in [0.3, 0.4) is 0 Å². The molecule has 1 unspecified atom stereocenters. The van der Waals surface area contributed by atoms with E-state index in [0.29, 0.717) is 23.1 Å². The molecule has 0 saturated carbocycles. The van der Waals surface area contributed by atoms with Crippen LogP contribution in [0, 0.1) is 0 Å². The van der Waals surface area contributed by atoms with E-state index in [1.807, 2.05) is 76.0 Å². The average molecular weight is 464 g/mol. The Bertz CT molecular complexity index is 1460. The van der Waals surface area contributed by atoms with E-state index in [9.17, 15) is 4.79 Å². The summed E-state index contributed by atoms with van der Waals surface area (Å²) in [6.07, 6.45) is 8.09. The van der Waals surface area contributed by atoms with E-state index >= 15 is 0 Å². The predicted molar refractivity (Wildman–Crippen MR) is 135 cm³/mol. The number of rotatable bonds is 7. The summed E-state index contributed by atoms with van der Waals surface area (Å²) in [5, 5.41) is 11.3. The molecule has 35 heavy (non-hydrogen) atoms. The summed E-state index contributed by atoms with van der Waals surface area (Å²) in [5.74, 6) is 0.765. The molecule has 8 nitrogen and oxygen atoms in total. The Labute approximate surface area is 203 Å². The van der Waals surface area contributed by atoms with Crippen molar-refractivity contribution in [1.82, 2.24) is 29.3 Å². The molecule has 5 aromatic rings. The average Bonchev–Trinajstić information content (AvgIpc) is 3.60. The molecule has 0 spiro atoms. The molecule has 0 radical (unpaired) electrons. The molecule has 0 fully saturated rings. The zero-order valence-electron chi connectivity index (χ0n) is 19.5. The van der Waals surface area contributed by atoms with Crippen molar-refractivity contribution in [3.63, 3.8) is 0 Å². The highest BCUT2D eigenvalue weighted by atomic mass is 16.1. The standard InChI is InChI=1S/C27H25N7O/c1-3-19(2)25-16-33(17-29-25)23-12-13-28-24(15-23)27(35)31-21-9-7-8-20(14-21)26-32-30-18-34(26)22-10-5-4-6-11-22/h4-19H,3H2,1-2H3,(H,31,35). The lowest BCUT2D eigenvalue weighted by molar-refractivity contribution is 0.102. The second-order valence-electron chi connectivity index (χ2n) is 8.31. The minimum atomic E-state index is -0.296. The Balaban J connectivity index is 1.37. The largest absolute Gasteiger partial charge is 0.321 e. The lowest BCUT2D eigenvalue weighted by Gasteiger charge is -2.10. The normalized spacial score (nSPS) is 11.8. The van der Waals surface area contributed by atoms with E-state index in [2.05, 4.69) is 39.3 Å². The summed E-state index contributed by atoms with van der Waals surface area (Å²) in [6.45, 7) is 4.29. The minimum Gasteiger partial charge on any atom is -0.321 e. The number of nitrogens with zero attached hydrogens (tertiary/aromatic N) is 6. The summed E-state index contributed by atoms with van der Waals surface area (Å²) < 4.78 is 3.82. The van der Waals surface area contributed by atoms with Gasteiger partial charge in [-0.3, -0.25) is 14.3 Å². The lowest BCUT2D eigenvalue weighted by Crippen LogP contribution is -2.14. The first-order valence-electron chi connectivity index (χ1n) is 11.5. The minimum absolute atomic E-state index is 0.296. The van der Waals surface area contributed by atoms with Gasteiger partial charge in [0, 0.05) is 29.3 Å². The van der Waals surface area contributed by atoms with Gasteiger partial charge in [0.05, 0.1) is 17.7 Å². The van der Waals surface area contributed by atoms with Gasteiger partial charge in [0.25, 0.3) is 5.91 Å². The summed E-state index contributed by atoms with van der Waals surface area (Å²) >= 11 is 0. The van der Waals surface area contributed by atoms with Crippen LogP contribution < -0.4 is 5.32 Å². The van der Waals surface area contributed by atoms with Gasteiger partial charge in [-0.1, -0.05) is 44.2 Å². The maximum atomic E-state index is 13.0. The van der Waals surface area contributed by atoms with Gasteiger partial charge in [0.15, 0.2) is 5.82 Å². The van der Waals surface area contributed by atoms with Gasteiger partial charge in [-0.15, -0.1) is 10.2 Å². The van der Waals surface area contributed by atoms with Crippen LogP contribution in [0.5, 0.6) is 0 Å². The van der Waals surface area contributed by atoms with Crippen molar-refractivity contribution < 1.29 is 4.79 Å². The Hall–Kier alpha value is -4.59. The number of para-hydroxylation sites is 1. The molecule has 0 aliphatic carbocycles.